The standard InChI is InChI=1S/C19H24N2O2/c1-3-17-9-10-18(23-17)19(22)21-12-11-20(13-15(21)2)14-16-7-5-4-6-8-16/h4-10,15H,3,11-14H2,1-2H3. The molecule has 1 unspecified atom stereocenters. The summed E-state index contributed by atoms with van der Waals surface area (Å²) in [5, 5.41) is 0. The summed E-state index contributed by atoms with van der Waals surface area (Å²) in [5.41, 5.74) is 1.32. The Kier molecular flexibility index (Phi) is 4.82. The van der Waals surface area contributed by atoms with Crippen LogP contribution in [-0.4, -0.2) is 41.4 Å². The van der Waals surface area contributed by atoms with Crippen LogP contribution >= 0.6 is 0 Å². The van der Waals surface area contributed by atoms with Crippen LogP contribution in [0.25, 0.3) is 0 Å². The second-order valence-electron chi connectivity index (χ2n) is 6.19. The zero-order valence-corrected chi connectivity index (χ0v) is 13.9. The first-order valence-corrected chi connectivity index (χ1v) is 8.33. The number of hydrogen-bond acceptors (Lipinski definition) is 3. The summed E-state index contributed by atoms with van der Waals surface area (Å²) in [7, 11) is 0. The zero-order valence-electron chi connectivity index (χ0n) is 13.9. The van der Waals surface area contributed by atoms with E-state index < -0.39 is 0 Å². The molecule has 122 valence electrons. The highest BCUT2D eigenvalue weighted by atomic mass is 16.4. The van der Waals surface area contributed by atoms with Gasteiger partial charge < -0.3 is 9.32 Å². The van der Waals surface area contributed by atoms with Gasteiger partial charge >= 0.3 is 0 Å². The van der Waals surface area contributed by atoms with Crippen molar-refractivity contribution in [3.8, 4) is 0 Å². The molecular weight excluding hydrogens is 288 g/mol. The fraction of sp³-hybridized carbons (Fsp3) is 0.421. The van der Waals surface area contributed by atoms with Gasteiger partial charge in [-0.2, -0.15) is 0 Å². The highest BCUT2D eigenvalue weighted by Crippen LogP contribution is 2.18. The van der Waals surface area contributed by atoms with Gasteiger partial charge in [0, 0.05) is 38.6 Å². The molecule has 0 aliphatic carbocycles. The summed E-state index contributed by atoms with van der Waals surface area (Å²) in [6, 6.07) is 14.4. The van der Waals surface area contributed by atoms with Crippen LogP contribution in [0.15, 0.2) is 46.9 Å². The van der Waals surface area contributed by atoms with Gasteiger partial charge in [-0.15, -0.1) is 0 Å². The minimum atomic E-state index is 0.0107. The first-order valence-electron chi connectivity index (χ1n) is 8.33. The van der Waals surface area contributed by atoms with Crippen LogP contribution in [0, 0.1) is 0 Å². The second kappa shape index (κ2) is 7.01. The van der Waals surface area contributed by atoms with Crippen LogP contribution in [0.3, 0.4) is 0 Å². The van der Waals surface area contributed by atoms with Crippen LogP contribution in [0.4, 0.5) is 0 Å². The molecule has 2 aromatic rings. The molecule has 23 heavy (non-hydrogen) atoms. The number of carbonyl (C=O) groups is 1. The Bertz CT molecular complexity index is 650. The van der Waals surface area contributed by atoms with Crippen LogP contribution in [0.2, 0.25) is 0 Å². The Labute approximate surface area is 137 Å². The van der Waals surface area contributed by atoms with Crippen LogP contribution in [0.1, 0.15) is 35.7 Å². The van der Waals surface area contributed by atoms with E-state index in [0.717, 1.165) is 38.4 Å². The van der Waals surface area contributed by atoms with E-state index in [4.69, 9.17) is 4.42 Å². The van der Waals surface area contributed by atoms with E-state index in [0.29, 0.717) is 5.76 Å². The fourth-order valence-corrected chi connectivity index (χ4v) is 3.14. The van der Waals surface area contributed by atoms with Gasteiger partial charge in [-0.1, -0.05) is 37.3 Å². The van der Waals surface area contributed by atoms with E-state index in [1.807, 2.05) is 24.0 Å². The third-order valence-electron chi connectivity index (χ3n) is 4.44. The smallest absolute Gasteiger partial charge is 0.289 e. The van der Waals surface area contributed by atoms with Crippen LogP contribution in [0.5, 0.6) is 0 Å². The lowest BCUT2D eigenvalue weighted by Gasteiger charge is -2.39. The summed E-state index contributed by atoms with van der Waals surface area (Å²) in [4.78, 5) is 17.0. The molecule has 1 atom stereocenters. The molecule has 0 radical (unpaired) electrons. The maximum atomic E-state index is 12.6. The van der Waals surface area contributed by atoms with Gasteiger partial charge in [-0.3, -0.25) is 9.69 Å². The van der Waals surface area contributed by atoms with Gasteiger partial charge in [0.2, 0.25) is 0 Å². The molecule has 0 N–H and O–H groups in total. The van der Waals surface area contributed by atoms with Gasteiger partial charge in [0.15, 0.2) is 5.76 Å². The Hall–Kier alpha value is -2.07. The first kappa shape index (κ1) is 15.8. The van der Waals surface area contributed by atoms with Crippen molar-refractivity contribution in [3.63, 3.8) is 0 Å². The molecule has 4 heteroatoms. The number of rotatable bonds is 4. The molecule has 1 fully saturated rings. The third-order valence-corrected chi connectivity index (χ3v) is 4.44. The molecule has 4 nitrogen and oxygen atoms in total. The summed E-state index contributed by atoms with van der Waals surface area (Å²) >= 11 is 0. The van der Waals surface area contributed by atoms with Crippen molar-refractivity contribution >= 4 is 5.91 Å². The molecule has 0 spiro atoms. The third kappa shape index (κ3) is 3.64. The van der Waals surface area contributed by atoms with E-state index in [1.165, 1.54) is 5.56 Å². The second-order valence-corrected chi connectivity index (χ2v) is 6.19. The number of piperazine rings is 1. The molecular formula is C19H24N2O2. The molecule has 0 bridgehead atoms. The number of hydrogen-bond donors (Lipinski definition) is 0. The van der Waals surface area contributed by atoms with E-state index in [1.54, 1.807) is 6.07 Å². The maximum Gasteiger partial charge on any atom is 0.289 e. The monoisotopic (exact) mass is 312 g/mol. The average molecular weight is 312 g/mol. The van der Waals surface area contributed by atoms with Crippen molar-refractivity contribution in [2.75, 3.05) is 19.6 Å². The largest absolute Gasteiger partial charge is 0.456 e. The summed E-state index contributed by atoms with van der Waals surface area (Å²) < 4.78 is 5.61. The van der Waals surface area contributed by atoms with Gasteiger partial charge in [-0.05, 0) is 24.6 Å². The first-order chi connectivity index (χ1) is 11.2. The van der Waals surface area contributed by atoms with E-state index in [2.05, 4.69) is 36.1 Å². The molecule has 1 aliphatic rings. The molecule has 0 saturated carbocycles. The zero-order chi connectivity index (χ0) is 16.2. The van der Waals surface area contributed by atoms with Crippen molar-refractivity contribution < 1.29 is 9.21 Å². The van der Waals surface area contributed by atoms with Crippen molar-refractivity contribution in [1.29, 1.82) is 0 Å². The van der Waals surface area contributed by atoms with Gasteiger partial charge in [0.05, 0.1) is 0 Å². The number of nitrogens with zero attached hydrogens (tertiary/aromatic N) is 2. The van der Waals surface area contributed by atoms with Gasteiger partial charge in [0.1, 0.15) is 5.76 Å². The quantitative estimate of drug-likeness (QED) is 0.870. The Morgan fingerprint density at radius 3 is 2.61 bits per heavy atom. The van der Waals surface area contributed by atoms with Crippen molar-refractivity contribution in [1.82, 2.24) is 9.80 Å². The number of aryl methyl sites for hydroxylation is 1. The number of amides is 1. The Morgan fingerprint density at radius 1 is 1.17 bits per heavy atom. The van der Waals surface area contributed by atoms with E-state index in [9.17, 15) is 4.79 Å². The Morgan fingerprint density at radius 2 is 1.96 bits per heavy atom. The van der Waals surface area contributed by atoms with Gasteiger partial charge in [-0.25, -0.2) is 0 Å². The molecule has 1 amide bonds. The highest BCUT2D eigenvalue weighted by Gasteiger charge is 2.29. The minimum Gasteiger partial charge on any atom is -0.456 e. The predicted molar refractivity (Wildman–Crippen MR) is 90.3 cm³/mol. The average Bonchev–Trinajstić information content (AvgIpc) is 3.04. The number of carbonyl (C=O) groups excluding carboxylic acids is 1. The maximum absolute atomic E-state index is 12.6. The lowest BCUT2D eigenvalue weighted by Crippen LogP contribution is -2.53. The molecule has 1 aromatic heterocycles. The van der Waals surface area contributed by atoms with Crippen LogP contribution in [-0.2, 0) is 13.0 Å². The molecule has 1 aliphatic heterocycles. The van der Waals surface area contributed by atoms with Crippen molar-refractivity contribution in [2.45, 2.75) is 32.9 Å². The Balaban J connectivity index is 1.61. The van der Waals surface area contributed by atoms with Gasteiger partial charge in [0.25, 0.3) is 5.91 Å². The van der Waals surface area contributed by atoms with Crippen molar-refractivity contribution in [3.05, 3.63) is 59.5 Å². The SMILES string of the molecule is CCc1ccc(C(=O)N2CCN(Cc3ccccc3)CC2C)o1. The normalized spacial score (nSPS) is 19.0. The minimum absolute atomic E-state index is 0.0107. The lowest BCUT2D eigenvalue weighted by molar-refractivity contribution is 0.0445. The molecule has 2 heterocycles. The summed E-state index contributed by atoms with van der Waals surface area (Å²) in [6.07, 6.45) is 0.813. The topological polar surface area (TPSA) is 36.7 Å². The van der Waals surface area contributed by atoms with E-state index >= 15 is 0 Å². The lowest BCUT2D eigenvalue weighted by atomic mass is 10.1. The number of furan rings is 1. The van der Waals surface area contributed by atoms with Crippen LogP contribution < -0.4 is 0 Å². The fourth-order valence-electron chi connectivity index (χ4n) is 3.14. The highest BCUT2D eigenvalue weighted by molar-refractivity contribution is 5.91. The molecule has 1 aromatic carbocycles. The summed E-state index contributed by atoms with van der Waals surface area (Å²) in [5.74, 6) is 1.34. The summed E-state index contributed by atoms with van der Waals surface area (Å²) in [6.45, 7) is 7.61. The molecule has 3 rings (SSSR count). The molecule has 1 saturated heterocycles. The number of benzene rings is 1. The van der Waals surface area contributed by atoms with Crippen molar-refractivity contribution in [2.24, 2.45) is 0 Å². The predicted octanol–water partition coefficient (Wildman–Crippen LogP) is 3.19. The van der Waals surface area contributed by atoms with E-state index in [-0.39, 0.29) is 11.9 Å².